The van der Waals surface area contributed by atoms with Crippen LogP contribution in [0.3, 0.4) is 0 Å². The van der Waals surface area contributed by atoms with Crippen molar-refractivity contribution in [2.24, 2.45) is 11.8 Å². The standard InChI is InChI=1S/C12H12O7/c1-3(2)11(15)18-8-6-4(10(13)14)5-7(17-6)9(8)19-12(5)16/h4-9H,1H2,2H3,(H,13,14)/p-1. The Balaban J connectivity index is 1.88. The second kappa shape index (κ2) is 3.80. The van der Waals surface area contributed by atoms with Crippen LogP contribution in [0.5, 0.6) is 0 Å². The zero-order valence-corrected chi connectivity index (χ0v) is 10.0. The Hall–Kier alpha value is -1.89. The van der Waals surface area contributed by atoms with Gasteiger partial charge in [-0.1, -0.05) is 6.58 Å². The van der Waals surface area contributed by atoms with Gasteiger partial charge in [-0.25, -0.2) is 4.79 Å². The number of aliphatic carboxylic acids is 1. The molecule has 3 saturated heterocycles. The van der Waals surface area contributed by atoms with Gasteiger partial charge < -0.3 is 24.1 Å². The second-order valence-corrected chi connectivity index (χ2v) is 4.99. The molecule has 3 fully saturated rings. The maximum absolute atomic E-state index is 11.6. The fourth-order valence-corrected chi connectivity index (χ4v) is 2.96. The van der Waals surface area contributed by atoms with E-state index < -0.39 is 54.2 Å². The molecule has 102 valence electrons. The molecular formula is C12H11O7-. The maximum atomic E-state index is 11.6. The summed E-state index contributed by atoms with van der Waals surface area (Å²) in [5, 5.41) is 11.1. The van der Waals surface area contributed by atoms with E-state index >= 15 is 0 Å². The lowest BCUT2D eigenvalue weighted by Crippen LogP contribution is -2.51. The molecule has 7 heteroatoms. The molecule has 0 aromatic carbocycles. The number of carboxylic acid groups (broad SMARTS) is 1. The predicted octanol–water partition coefficient (Wildman–Crippen LogP) is -1.84. The van der Waals surface area contributed by atoms with Crippen LogP contribution in [-0.2, 0) is 28.6 Å². The lowest BCUT2D eigenvalue weighted by atomic mass is 9.78. The Morgan fingerprint density at radius 3 is 2.58 bits per heavy atom. The summed E-state index contributed by atoms with van der Waals surface area (Å²) in [6.45, 7) is 4.91. The van der Waals surface area contributed by atoms with Gasteiger partial charge in [-0.15, -0.1) is 0 Å². The van der Waals surface area contributed by atoms with Crippen molar-refractivity contribution in [3.8, 4) is 0 Å². The van der Waals surface area contributed by atoms with Crippen molar-refractivity contribution in [3.05, 3.63) is 12.2 Å². The first-order valence-corrected chi connectivity index (χ1v) is 5.85. The van der Waals surface area contributed by atoms with E-state index in [2.05, 4.69) is 6.58 Å². The van der Waals surface area contributed by atoms with Crippen LogP contribution in [0, 0.1) is 11.8 Å². The zero-order chi connectivity index (χ0) is 13.9. The monoisotopic (exact) mass is 267 g/mol. The fourth-order valence-electron chi connectivity index (χ4n) is 2.96. The average molecular weight is 267 g/mol. The quantitative estimate of drug-likeness (QED) is 0.437. The molecule has 7 nitrogen and oxygen atoms in total. The van der Waals surface area contributed by atoms with Crippen molar-refractivity contribution in [2.75, 3.05) is 0 Å². The van der Waals surface area contributed by atoms with Gasteiger partial charge in [-0.2, -0.15) is 0 Å². The number of hydrogen-bond donors (Lipinski definition) is 0. The molecule has 0 aromatic rings. The van der Waals surface area contributed by atoms with E-state index in [0.717, 1.165) is 0 Å². The molecule has 3 aliphatic heterocycles. The minimum Gasteiger partial charge on any atom is -0.550 e. The number of carbonyl (C=O) groups is 3. The third-order valence-electron chi connectivity index (χ3n) is 3.77. The molecular weight excluding hydrogens is 256 g/mol. The minimum atomic E-state index is -1.40. The van der Waals surface area contributed by atoms with Crippen LogP contribution in [0.2, 0.25) is 0 Å². The third-order valence-corrected chi connectivity index (χ3v) is 3.77. The van der Waals surface area contributed by atoms with Gasteiger partial charge >= 0.3 is 11.9 Å². The number of carbonyl (C=O) groups excluding carboxylic acids is 3. The van der Waals surface area contributed by atoms with Gasteiger partial charge in [-0.05, 0) is 6.92 Å². The van der Waals surface area contributed by atoms with Gasteiger partial charge in [0.15, 0.2) is 12.2 Å². The van der Waals surface area contributed by atoms with Crippen LogP contribution in [-0.4, -0.2) is 42.3 Å². The molecule has 19 heavy (non-hydrogen) atoms. The number of ether oxygens (including phenoxy) is 3. The van der Waals surface area contributed by atoms with Crippen molar-refractivity contribution in [2.45, 2.75) is 31.3 Å². The number of carboxylic acids is 1. The topological polar surface area (TPSA) is 102 Å². The Morgan fingerprint density at radius 1 is 1.32 bits per heavy atom. The average Bonchev–Trinajstić information content (AvgIpc) is 2.91. The van der Waals surface area contributed by atoms with E-state index in [-0.39, 0.29) is 5.57 Å². The predicted molar refractivity (Wildman–Crippen MR) is 55.2 cm³/mol. The van der Waals surface area contributed by atoms with Crippen molar-refractivity contribution in [1.82, 2.24) is 0 Å². The molecule has 3 heterocycles. The third kappa shape index (κ3) is 1.51. The molecule has 6 unspecified atom stereocenters. The van der Waals surface area contributed by atoms with Crippen molar-refractivity contribution in [1.29, 1.82) is 0 Å². The summed E-state index contributed by atoms with van der Waals surface area (Å²) in [7, 11) is 0. The lowest BCUT2D eigenvalue weighted by Gasteiger charge is -2.28. The van der Waals surface area contributed by atoms with Gasteiger partial charge in [-0.3, -0.25) is 4.79 Å². The highest BCUT2D eigenvalue weighted by Gasteiger charge is 2.70. The smallest absolute Gasteiger partial charge is 0.333 e. The molecule has 3 aliphatic rings. The highest BCUT2D eigenvalue weighted by Crippen LogP contribution is 2.50. The number of rotatable bonds is 3. The summed E-state index contributed by atoms with van der Waals surface area (Å²) < 4.78 is 15.6. The van der Waals surface area contributed by atoms with E-state index in [9.17, 15) is 19.5 Å². The van der Waals surface area contributed by atoms with E-state index in [0.29, 0.717) is 0 Å². The summed E-state index contributed by atoms with van der Waals surface area (Å²) in [6.07, 6.45) is -3.23. The van der Waals surface area contributed by atoms with E-state index in [1.165, 1.54) is 6.92 Å². The molecule has 6 atom stereocenters. The first-order chi connectivity index (χ1) is 8.91. The lowest BCUT2D eigenvalue weighted by molar-refractivity contribution is -0.314. The molecule has 0 N–H and O–H groups in total. The van der Waals surface area contributed by atoms with Gasteiger partial charge in [0.05, 0.1) is 5.92 Å². The molecule has 0 spiro atoms. The Kier molecular flexibility index (Phi) is 2.43. The normalized spacial score (nSPS) is 42.1. The fraction of sp³-hybridized carbons (Fsp3) is 0.583. The molecule has 2 bridgehead atoms. The Morgan fingerprint density at radius 2 is 2.00 bits per heavy atom. The van der Waals surface area contributed by atoms with E-state index in [1.807, 2.05) is 0 Å². The Labute approximate surface area is 108 Å². The summed E-state index contributed by atoms with van der Waals surface area (Å²) in [6, 6.07) is 0. The first kappa shape index (κ1) is 12.2. The summed E-state index contributed by atoms with van der Waals surface area (Å²) in [5.74, 6) is -4.71. The largest absolute Gasteiger partial charge is 0.550 e. The highest BCUT2D eigenvalue weighted by molar-refractivity contribution is 5.88. The Bertz CT molecular complexity index is 496. The van der Waals surface area contributed by atoms with Crippen LogP contribution >= 0.6 is 0 Å². The molecule has 0 saturated carbocycles. The van der Waals surface area contributed by atoms with Crippen LogP contribution < -0.4 is 5.11 Å². The molecule has 0 aliphatic carbocycles. The number of fused-ring (bicyclic) bond motifs is 1. The van der Waals surface area contributed by atoms with Gasteiger partial charge in [0, 0.05) is 17.5 Å². The minimum absolute atomic E-state index is 0.175. The first-order valence-electron chi connectivity index (χ1n) is 5.85. The summed E-state index contributed by atoms with van der Waals surface area (Å²) >= 11 is 0. The van der Waals surface area contributed by atoms with Gasteiger partial charge in [0.25, 0.3) is 0 Å². The van der Waals surface area contributed by atoms with Crippen LogP contribution in [0.4, 0.5) is 0 Å². The maximum Gasteiger partial charge on any atom is 0.333 e. The van der Waals surface area contributed by atoms with Crippen molar-refractivity contribution in [3.63, 3.8) is 0 Å². The van der Waals surface area contributed by atoms with Crippen molar-refractivity contribution >= 4 is 17.9 Å². The molecule has 0 amide bonds. The van der Waals surface area contributed by atoms with Crippen LogP contribution in [0.1, 0.15) is 6.92 Å². The number of esters is 2. The summed E-state index contributed by atoms with van der Waals surface area (Å²) in [5.41, 5.74) is 0.175. The van der Waals surface area contributed by atoms with Crippen LogP contribution in [0.25, 0.3) is 0 Å². The molecule has 3 rings (SSSR count). The second-order valence-electron chi connectivity index (χ2n) is 4.99. The van der Waals surface area contributed by atoms with E-state index in [1.54, 1.807) is 0 Å². The van der Waals surface area contributed by atoms with Crippen LogP contribution in [0.15, 0.2) is 12.2 Å². The highest BCUT2D eigenvalue weighted by atomic mass is 16.7. The SMILES string of the molecule is C=C(C)C(=O)OC1C2OC(=O)C3C2OC1C3C(=O)[O-]. The van der Waals surface area contributed by atoms with Crippen molar-refractivity contribution < 1.29 is 33.7 Å². The van der Waals surface area contributed by atoms with Gasteiger partial charge in [0.1, 0.15) is 12.2 Å². The van der Waals surface area contributed by atoms with Gasteiger partial charge in [0.2, 0.25) is 0 Å². The molecule has 0 aromatic heterocycles. The summed E-state index contributed by atoms with van der Waals surface area (Å²) in [4.78, 5) is 34.3. The number of hydrogen-bond acceptors (Lipinski definition) is 7. The molecule has 0 radical (unpaired) electrons. The van der Waals surface area contributed by atoms with E-state index in [4.69, 9.17) is 14.2 Å². The zero-order valence-electron chi connectivity index (χ0n) is 10.0.